The van der Waals surface area contributed by atoms with Gasteiger partial charge in [0.1, 0.15) is 17.6 Å². The summed E-state index contributed by atoms with van der Waals surface area (Å²) < 4.78 is 0. The van der Waals surface area contributed by atoms with Crippen LogP contribution in [-0.4, -0.2) is 58.5 Å². The molecule has 0 aromatic carbocycles. The van der Waals surface area contributed by atoms with Crippen LogP contribution in [0.1, 0.15) is 12.1 Å². The smallest absolute Gasteiger partial charge is 0.225 e. The number of rotatable bonds is 5. The first kappa shape index (κ1) is 16.6. The zero-order valence-corrected chi connectivity index (χ0v) is 13.8. The highest BCUT2D eigenvalue weighted by Gasteiger charge is 2.21. The van der Waals surface area contributed by atoms with Gasteiger partial charge in [-0.25, -0.2) is 15.0 Å². The van der Waals surface area contributed by atoms with E-state index in [1.807, 2.05) is 11.0 Å². The molecule has 1 saturated heterocycles. The van der Waals surface area contributed by atoms with Gasteiger partial charge in [0.15, 0.2) is 0 Å². The minimum Gasteiger partial charge on any atom is -0.370 e. The van der Waals surface area contributed by atoms with Crippen molar-refractivity contribution in [2.45, 2.75) is 6.42 Å². The lowest BCUT2D eigenvalue weighted by Gasteiger charge is -2.34. The van der Waals surface area contributed by atoms with E-state index in [9.17, 15) is 4.79 Å². The van der Waals surface area contributed by atoms with E-state index >= 15 is 0 Å². The highest BCUT2D eigenvalue weighted by Crippen LogP contribution is 2.11. The lowest BCUT2D eigenvalue weighted by atomic mass is 10.2. The molecule has 1 aliphatic rings. The summed E-state index contributed by atoms with van der Waals surface area (Å²) in [6.45, 7) is 3.28. The lowest BCUT2D eigenvalue weighted by molar-refractivity contribution is -0.131. The second kappa shape index (κ2) is 8.06. The fraction of sp³-hybridized carbons (Fsp3) is 0.353. The summed E-state index contributed by atoms with van der Waals surface area (Å²) in [5.41, 5.74) is 0.357. The third-order valence-electron chi connectivity index (χ3n) is 3.98. The van der Waals surface area contributed by atoms with Gasteiger partial charge in [-0.2, -0.15) is 5.26 Å². The highest BCUT2D eigenvalue weighted by atomic mass is 16.2. The molecule has 2 aromatic rings. The minimum atomic E-state index is 0.109. The molecule has 0 saturated carbocycles. The van der Waals surface area contributed by atoms with Crippen molar-refractivity contribution in [1.82, 2.24) is 19.9 Å². The van der Waals surface area contributed by atoms with Crippen molar-refractivity contribution in [1.29, 1.82) is 5.26 Å². The van der Waals surface area contributed by atoms with Crippen LogP contribution in [0.5, 0.6) is 0 Å². The van der Waals surface area contributed by atoms with Gasteiger partial charge in [-0.05, 0) is 18.2 Å². The minimum absolute atomic E-state index is 0.109. The standard InChI is InChI=1S/C17H19N7O/c18-13-14-3-1-4-15(22-14)19-8-5-16(25)23-9-11-24(12-10-23)17-20-6-2-7-21-17/h1-4,6-7H,5,8-12H2,(H,19,22). The Morgan fingerprint density at radius 1 is 1.16 bits per heavy atom. The molecule has 8 heteroatoms. The van der Waals surface area contributed by atoms with Crippen molar-refractivity contribution in [2.24, 2.45) is 0 Å². The zero-order chi connectivity index (χ0) is 17.5. The molecule has 1 amide bonds. The molecule has 0 atom stereocenters. The molecule has 0 radical (unpaired) electrons. The lowest BCUT2D eigenvalue weighted by Crippen LogP contribution is -2.49. The zero-order valence-electron chi connectivity index (χ0n) is 13.8. The summed E-state index contributed by atoms with van der Waals surface area (Å²) in [5.74, 6) is 1.43. The molecule has 2 aromatic heterocycles. The summed E-state index contributed by atoms with van der Waals surface area (Å²) in [5, 5.41) is 11.9. The van der Waals surface area contributed by atoms with Crippen LogP contribution in [0.2, 0.25) is 0 Å². The summed E-state index contributed by atoms with van der Waals surface area (Å²) in [6.07, 6.45) is 3.84. The summed E-state index contributed by atoms with van der Waals surface area (Å²) >= 11 is 0. The number of hydrogen-bond donors (Lipinski definition) is 1. The Balaban J connectivity index is 1.43. The predicted molar refractivity (Wildman–Crippen MR) is 92.9 cm³/mol. The monoisotopic (exact) mass is 337 g/mol. The van der Waals surface area contributed by atoms with Crippen LogP contribution in [0, 0.1) is 11.3 Å². The number of anilines is 2. The average Bonchev–Trinajstić information content (AvgIpc) is 2.69. The number of nitrogens with one attached hydrogen (secondary N) is 1. The first-order valence-electron chi connectivity index (χ1n) is 8.17. The van der Waals surface area contributed by atoms with Gasteiger partial charge in [-0.3, -0.25) is 4.79 Å². The van der Waals surface area contributed by atoms with Gasteiger partial charge in [0.05, 0.1) is 0 Å². The van der Waals surface area contributed by atoms with Crippen LogP contribution < -0.4 is 10.2 Å². The van der Waals surface area contributed by atoms with Crippen molar-refractivity contribution in [3.63, 3.8) is 0 Å². The third kappa shape index (κ3) is 4.41. The molecule has 128 valence electrons. The van der Waals surface area contributed by atoms with Gasteiger partial charge in [0.25, 0.3) is 0 Å². The van der Waals surface area contributed by atoms with Crippen molar-refractivity contribution in [2.75, 3.05) is 42.9 Å². The van der Waals surface area contributed by atoms with Gasteiger partial charge < -0.3 is 15.1 Å². The van der Waals surface area contributed by atoms with Gasteiger partial charge in [0, 0.05) is 51.5 Å². The average molecular weight is 337 g/mol. The maximum Gasteiger partial charge on any atom is 0.225 e. The maximum atomic E-state index is 12.3. The predicted octanol–water partition coefficient (Wildman–Crippen LogP) is 0.894. The van der Waals surface area contributed by atoms with E-state index in [4.69, 9.17) is 5.26 Å². The first-order valence-corrected chi connectivity index (χ1v) is 8.17. The molecule has 3 rings (SSSR count). The number of hydrogen-bond acceptors (Lipinski definition) is 7. The number of carbonyl (C=O) groups is 1. The molecule has 0 bridgehead atoms. The molecule has 25 heavy (non-hydrogen) atoms. The number of amides is 1. The Kier molecular flexibility index (Phi) is 5.36. The number of nitriles is 1. The van der Waals surface area contributed by atoms with Crippen LogP contribution in [-0.2, 0) is 4.79 Å². The molecule has 3 heterocycles. The highest BCUT2D eigenvalue weighted by molar-refractivity contribution is 5.77. The van der Waals surface area contributed by atoms with E-state index < -0.39 is 0 Å². The second-order valence-corrected chi connectivity index (χ2v) is 5.61. The Bertz CT molecular complexity index is 751. The van der Waals surface area contributed by atoms with E-state index in [1.54, 1.807) is 36.7 Å². The van der Waals surface area contributed by atoms with Crippen LogP contribution in [0.15, 0.2) is 36.7 Å². The number of piperazine rings is 1. The largest absolute Gasteiger partial charge is 0.370 e. The molecule has 0 spiro atoms. The van der Waals surface area contributed by atoms with Gasteiger partial charge in [-0.1, -0.05) is 6.07 Å². The molecule has 0 aliphatic carbocycles. The Hall–Kier alpha value is -3.21. The summed E-state index contributed by atoms with van der Waals surface area (Å²) in [6, 6.07) is 8.98. The number of aromatic nitrogens is 3. The molecular formula is C17H19N7O. The fourth-order valence-electron chi connectivity index (χ4n) is 2.66. The van der Waals surface area contributed by atoms with E-state index in [0.29, 0.717) is 43.5 Å². The van der Waals surface area contributed by atoms with Gasteiger partial charge >= 0.3 is 0 Å². The molecule has 1 fully saturated rings. The van der Waals surface area contributed by atoms with E-state index in [2.05, 4.69) is 25.2 Å². The topological polar surface area (TPSA) is 98.0 Å². The SMILES string of the molecule is N#Cc1cccc(NCCC(=O)N2CCN(c3ncccn3)CC2)n1. The molecule has 0 unspecified atom stereocenters. The first-order chi connectivity index (χ1) is 12.3. The summed E-state index contributed by atoms with van der Waals surface area (Å²) in [7, 11) is 0. The molecule has 1 aliphatic heterocycles. The van der Waals surface area contributed by atoms with E-state index in [0.717, 1.165) is 13.1 Å². The van der Waals surface area contributed by atoms with Crippen LogP contribution in [0.4, 0.5) is 11.8 Å². The second-order valence-electron chi connectivity index (χ2n) is 5.61. The normalized spacial score (nSPS) is 14.0. The van der Waals surface area contributed by atoms with Gasteiger partial charge in [0.2, 0.25) is 11.9 Å². The molecular weight excluding hydrogens is 318 g/mol. The van der Waals surface area contributed by atoms with Crippen LogP contribution in [0.25, 0.3) is 0 Å². The van der Waals surface area contributed by atoms with Crippen LogP contribution >= 0.6 is 0 Å². The van der Waals surface area contributed by atoms with Crippen molar-refractivity contribution in [3.05, 3.63) is 42.4 Å². The third-order valence-corrected chi connectivity index (χ3v) is 3.98. The molecule has 8 nitrogen and oxygen atoms in total. The van der Waals surface area contributed by atoms with Gasteiger partial charge in [-0.15, -0.1) is 0 Å². The Morgan fingerprint density at radius 2 is 1.92 bits per heavy atom. The summed E-state index contributed by atoms with van der Waals surface area (Å²) in [4.78, 5) is 28.9. The van der Waals surface area contributed by atoms with Crippen molar-refractivity contribution >= 4 is 17.7 Å². The van der Waals surface area contributed by atoms with E-state index in [1.165, 1.54) is 0 Å². The van der Waals surface area contributed by atoms with Crippen molar-refractivity contribution < 1.29 is 4.79 Å². The molecule has 1 N–H and O–H groups in total. The number of pyridine rings is 1. The number of nitrogens with zero attached hydrogens (tertiary/aromatic N) is 6. The maximum absolute atomic E-state index is 12.3. The van der Waals surface area contributed by atoms with E-state index in [-0.39, 0.29) is 5.91 Å². The van der Waals surface area contributed by atoms with Crippen molar-refractivity contribution in [3.8, 4) is 6.07 Å². The Labute approximate surface area is 146 Å². The van der Waals surface area contributed by atoms with Crippen LogP contribution in [0.3, 0.4) is 0 Å². The number of carbonyl (C=O) groups excluding carboxylic acids is 1. The quantitative estimate of drug-likeness (QED) is 0.865. The Morgan fingerprint density at radius 3 is 2.64 bits per heavy atom. The fourth-order valence-corrected chi connectivity index (χ4v) is 2.66.